The van der Waals surface area contributed by atoms with Crippen molar-refractivity contribution < 1.29 is 45.0 Å². The van der Waals surface area contributed by atoms with Crippen molar-refractivity contribution in [1.29, 1.82) is 0 Å². The van der Waals surface area contributed by atoms with Gasteiger partial charge in [0, 0.05) is 35.5 Å². The van der Waals surface area contributed by atoms with Crippen LogP contribution in [0.4, 0.5) is 47.3 Å². The summed E-state index contributed by atoms with van der Waals surface area (Å²) in [5.41, 5.74) is -1.87. The van der Waals surface area contributed by atoms with E-state index in [0.717, 1.165) is 29.9 Å². The lowest BCUT2D eigenvalue weighted by molar-refractivity contribution is -0.330. The molecule has 2 bridgehead atoms. The normalized spacial score (nSPS) is 27.8. The van der Waals surface area contributed by atoms with Gasteiger partial charge in [0.05, 0.1) is 12.3 Å². The maximum Gasteiger partial charge on any atom is 0.522 e. The van der Waals surface area contributed by atoms with E-state index < -0.39 is 55.1 Å². The number of amides is 1. The van der Waals surface area contributed by atoms with E-state index in [1.807, 2.05) is 0 Å². The van der Waals surface area contributed by atoms with Gasteiger partial charge in [-0.15, -0.1) is 13.2 Å². The fourth-order valence-electron chi connectivity index (χ4n) is 5.59. The van der Waals surface area contributed by atoms with E-state index in [2.05, 4.69) is 35.5 Å². The molecule has 0 spiro atoms. The Balaban J connectivity index is 1.16. The van der Waals surface area contributed by atoms with Crippen LogP contribution >= 0.6 is 0 Å². The highest BCUT2D eigenvalue weighted by atomic mass is 19.4. The zero-order valence-corrected chi connectivity index (χ0v) is 20.4. The second kappa shape index (κ2) is 9.21. The predicted molar refractivity (Wildman–Crippen MR) is 121 cm³/mol. The highest BCUT2D eigenvalue weighted by molar-refractivity contribution is 5.69. The molecule has 3 heterocycles. The van der Waals surface area contributed by atoms with Gasteiger partial charge in [0.2, 0.25) is 5.95 Å². The molecule has 4 aliphatic rings. The van der Waals surface area contributed by atoms with Gasteiger partial charge in [0.1, 0.15) is 17.9 Å². The first kappa shape index (κ1) is 26.6. The molecule has 3 N–H and O–H groups in total. The first-order valence-electron chi connectivity index (χ1n) is 12.4. The summed E-state index contributed by atoms with van der Waals surface area (Å²) in [6.07, 6.45) is -8.65. The molecule has 0 saturated heterocycles. The number of carbonyl (C=O) groups is 1. The van der Waals surface area contributed by atoms with Crippen LogP contribution in [-0.4, -0.2) is 54.8 Å². The minimum atomic E-state index is -4.96. The summed E-state index contributed by atoms with van der Waals surface area (Å²) >= 11 is 0. The van der Waals surface area contributed by atoms with Gasteiger partial charge in [-0.3, -0.25) is 14.2 Å². The van der Waals surface area contributed by atoms with Crippen LogP contribution in [0.5, 0.6) is 0 Å². The van der Waals surface area contributed by atoms with Gasteiger partial charge >= 0.3 is 18.6 Å². The zero-order valence-electron chi connectivity index (χ0n) is 20.4. The molecule has 216 valence electrons. The van der Waals surface area contributed by atoms with E-state index in [1.165, 1.54) is 6.07 Å². The Hall–Kier alpha value is -3.63. The third-order valence-electron chi connectivity index (χ3n) is 7.58. The number of nitrogens with zero attached hydrogens (tertiary/aromatic N) is 4. The van der Waals surface area contributed by atoms with Crippen LogP contribution in [0.3, 0.4) is 0 Å². The zero-order chi connectivity index (χ0) is 28.4. The molecular weight excluding hydrogens is 555 g/mol. The van der Waals surface area contributed by atoms with E-state index in [1.54, 1.807) is 0 Å². The molecular formula is C23H22F7N7O3. The quantitative estimate of drug-likeness (QED) is 0.334. The molecule has 3 atom stereocenters. The Kier molecular flexibility index (Phi) is 6.12. The maximum absolute atomic E-state index is 15.2. The van der Waals surface area contributed by atoms with Crippen molar-refractivity contribution in [3.05, 3.63) is 35.4 Å². The van der Waals surface area contributed by atoms with Crippen molar-refractivity contribution in [2.45, 2.75) is 75.0 Å². The number of imidazole rings is 1. The molecule has 10 nitrogen and oxygen atoms in total. The summed E-state index contributed by atoms with van der Waals surface area (Å²) in [6.45, 7) is -1.03. The van der Waals surface area contributed by atoms with Gasteiger partial charge in [-0.25, -0.2) is 19.2 Å². The van der Waals surface area contributed by atoms with Gasteiger partial charge in [0.15, 0.2) is 11.5 Å². The van der Waals surface area contributed by atoms with E-state index in [0.29, 0.717) is 24.1 Å². The first-order chi connectivity index (χ1) is 18.8. The Morgan fingerprint density at radius 3 is 2.52 bits per heavy atom. The summed E-state index contributed by atoms with van der Waals surface area (Å²) in [5.74, 6) is -0.537. The van der Waals surface area contributed by atoms with Crippen LogP contribution in [0.15, 0.2) is 18.3 Å². The van der Waals surface area contributed by atoms with Crippen LogP contribution < -0.4 is 10.6 Å². The molecule has 40 heavy (non-hydrogen) atoms. The third-order valence-corrected chi connectivity index (χ3v) is 7.58. The van der Waals surface area contributed by atoms with Gasteiger partial charge < -0.3 is 15.4 Å². The summed E-state index contributed by atoms with van der Waals surface area (Å²) in [7, 11) is 0. The molecule has 4 aliphatic carbocycles. The fourth-order valence-corrected chi connectivity index (χ4v) is 5.59. The van der Waals surface area contributed by atoms with Crippen molar-refractivity contribution >= 4 is 23.5 Å². The van der Waals surface area contributed by atoms with Crippen LogP contribution in [0.1, 0.15) is 55.1 Å². The van der Waals surface area contributed by atoms with Crippen LogP contribution in [0.25, 0.3) is 5.65 Å². The number of fused-ring (bicyclic) bond motifs is 1. The number of aromatic amines is 1. The largest absolute Gasteiger partial charge is 0.522 e. The first-order valence-corrected chi connectivity index (χ1v) is 12.4. The molecule has 4 fully saturated rings. The second-order valence-electron chi connectivity index (χ2n) is 10.4. The van der Waals surface area contributed by atoms with Crippen molar-refractivity contribution in [2.24, 2.45) is 5.92 Å². The molecule has 17 heteroatoms. The average Bonchev–Trinajstić information content (AvgIpc) is 3.52. The summed E-state index contributed by atoms with van der Waals surface area (Å²) in [5, 5.41) is 12.0. The SMILES string of the molecule is O=C(NC12CC(C1)C2)O[C@@H]1CC[C@H](c2cc(Nc3nc(C(F)(F)F)cc4nc(COC(F)(F)F)cn34)n[nH]2)[C@H]1F. The Labute approximate surface area is 220 Å². The number of anilines is 2. The highest BCUT2D eigenvalue weighted by Crippen LogP contribution is 2.57. The number of nitrogens with one attached hydrogen (secondary N) is 3. The summed E-state index contributed by atoms with van der Waals surface area (Å²) < 4.78 is 103. The van der Waals surface area contributed by atoms with Crippen LogP contribution in [0.2, 0.25) is 0 Å². The van der Waals surface area contributed by atoms with Gasteiger partial charge in [0.25, 0.3) is 0 Å². The third kappa shape index (κ3) is 5.13. The number of alkyl carbamates (subject to hydrolysis) is 1. The lowest BCUT2D eigenvalue weighted by Gasteiger charge is -2.61. The molecule has 1 amide bonds. The van der Waals surface area contributed by atoms with Gasteiger partial charge in [-0.1, -0.05) is 0 Å². The molecule has 0 unspecified atom stereocenters. The average molecular weight is 577 g/mol. The molecule has 7 rings (SSSR count). The lowest BCUT2D eigenvalue weighted by Crippen LogP contribution is -2.68. The standard InChI is InChI=1S/C23H22F7N7O3/c24-18-12(1-2-14(18)40-20(38)34-21-5-10(6-21)7-21)13-3-16(36-35-13)33-19-32-15(22(25,26)27)4-17-31-11(8-37(17)19)9-39-23(28,29)30/h3-4,8,10,12,14,18H,1-2,5-7,9H2,(H,34,38)(H2,32,33,35,36)/t10?,12-,14-,18-,21?/m1/s1. The minimum Gasteiger partial charge on any atom is -0.443 e. The lowest BCUT2D eigenvalue weighted by atomic mass is 9.50. The van der Waals surface area contributed by atoms with E-state index in [9.17, 15) is 31.1 Å². The van der Waals surface area contributed by atoms with E-state index in [4.69, 9.17) is 4.74 Å². The van der Waals surface area contributed by atoms with E-state index >= 15 is 4.39 Å². The van der Waals surface area contributed by atoms with Crippen molar-refractivity contribution in [3.8, 4) is 0 Å². The monoisotopic (exact) mass is 577 g/mol. The minimum absolute atomic E-state index is 0.0251. The number of halogens is 7. The number of H-pyrrole nitrogens is 1. The van der Waals surface area contributed by atoms with Crippen LogP contribution in [0, 0.1) is 5.92 Å². The topological polar surface area (TPSA) is 118 Å². The fraction of sp³-hybridized carbons (Fsp3) is 0.565. The number of ether oxygens (including phenoxy) is 2. The van der Waals surface area contributed by atoms with E-state index in [-0.39, 0.29) is 29.1 Å². The Bertz CT molecular complexity index is 1420. The number of hydrogen-bond donors (Lipinski definition) is 3. The Morgan fingerprint density at radius 2 is 1.88 bits per heavy atom. The summed E-state index contributed by atoms with van der Waals surface area (Å²) in [6, 6.07) is 1.95. The number of rotatable bonds is 7. The molecule has 3 aromatic heterocycles. The molecule has 0 radical (unpaired) electrons. The predicted octanol–water partition coefficient (Wildman–Crippen LogP) is 5.11. The van der Waals surface area contributed by atoms with Gasteiger partial charge in [-0.2, -0.15) is 18.3 Å². The second-order valence-corrected chi connectivity index (χ2v) is 10.4. The van der Waals surface area contributed by atoms with Crippen molar-refractivity contribution in [3.63, 3.8) is 0 Å². The van der Waals surface area contributed by atoms with Crippen molar-refractivity contribution in [2.75, 3.05) is 5.32 Å². The number of aromatic nitrogens is 5. The molecule has 0 aromatic carbocycles. The van der Waals surface area contributed by atoms with Gasteiger partial charge in [-0.05, 0) is 38.0 Å². The molecule has 3 aromatic rings. The number of alkyl halides is 7. The highest BCUT2D eigenvalue weighted by Gasteiger charge is 2.58. The molecule has 4 saturated carbocycles. The van der Waals surface area contributed by atoms with Crippen LogP contribution in [-0.2, 0) is 22.3 Å². The summed E-state index contributed by atoms with van der Waals surface area (Å²) in [4.78, 5) is 19.5. The number of carbonyl (C=O) groups excluding carboxylic acids is 1. The maximum atomic E-state index is 15.2. The number of hydrogen-bond acceptors (Lipinski definition) is 7. The smallest absolute Gasteiger partial charge is 0.443 e. The molecule has 0 aliphatic heterocycles. The Morgan fingerprint density at radius 1 is 1.12 bits per heavy atom. The van der Waals surface area contributed by atoms with Crippen molar-refractivity contribution in [1.82, 2.24) is 29.9 Å².